The van der Waals surface area contributed by atoms with Gasteiger partial charge in [-0.25, -0.2) is 0 Å². The number of aliphatic hydroxyl groups excluding tert-OH is 1. The lowest BCUT2D eigenvalue weighted by Gasteiger charge is -2.37. The zero-order valence-corrected chi connectivity index (χ0v) is 21.6. The third kappa shape index (κ3) is 4.38. The smallest absolute Gasteiger partial charge is 0.248 e. The summed E-state index contributed by atoms with van der Waals surface area (Å²) < 4.78 is 12.0. The molecular formula is C26H40N4O6. The van der Waals surface area contributed by atoms with Crippen molar-refractivity contribution in [3.8, 4) is 0 Å². The first-order valence-electron chi connectivity index (χ1n) is 12.9. The molecule has 4 aliphatic rings. The Morgan fingerprint density at radius 2 is 1.83 bits per heavy atom. The number of nitrogens with zero attached hydrogens (tertiary/aromatic N) is 4. The molecule has 36 heavy (non-hydrogen) atoms. The van der Waals surface area contributed by atoms with E-state index in [1.165, 1.54) is 4.90 Å². The zero-order chi connectivity index (χ0) is 26.1. The number of rotatable bonds is 11. The van der Waals surface area contributed by atoms with E-state index in [0.717, 1.165) is 13.1 Å². The Kier molecular flexibility index (Phi) is 7.89. The molecule has 0 aromatic heterocycles. The van der Waals surface area contributed by atoms with Crippen molar-refractivity contribution < 1.29 is 29.0 Å². The van der Waals surface area contributed by atoms with E-state index in [4.69, 9.17) is 9.47 Å². The molecule has 0 radical (unpaired) electrons. The largest absolute Gasteiger partial charge is 0.395 e. The van der Waals surface area contributed by atoms with Gasteiger partial charge >= 0.3 is 0 Å². The van der Waals surface area contributed by atoms with Gasteiger partial charge in [-0.1, -0.05) is 12.2 Å². The normalized spacial score (nSPS) is 33.5. The Morgan fingerprint density at radius 1 is 1.14 bits per heavy atom. The molecule has 4 fully saturated rings. The predicted molar refractivity (Wildman–Crippen MR) is 133 cm³/mol. The highest BCUT2D eigenvalue weighted by Gasteiger charge is 2.78. The number of carbonyl (C=O) groups is 3. The van der Waals surface area contributed by atoms with E-state index in [-0.39, 0.29) is 30.9 Å². The van der Waals surface area contributed by atoms with Gasteiger partial charge < -0.3 is 29.3 Å². The van der Waals surface area contributed by atoms with Gasteiger partial charge in [-0.3, -0.25) is 19.3 Å². The summed E-state index contributed by atoms with van der Waals surface area (Å²) >= 11 is 0. The summed E-state index contributed by atoms with van der Waals surface area (Å²) in [5.74, 6) is -2.14. The van der Waals surface area contributed by atoms with Crippen molar-refractivity contribution in [1.82, 2.24) is 19.6 Å². The quantitative estimate of drug-likeness (QED) is 0.387. The van der Waals surface area contributed by atoms with Crippen molar-refractivity contribution in [1.29, 1.82) is 0 Å². The minimum absolute atomic E-state index is 0.0162. The van der Waals surface area contributed by atoms with Gasteiger partial charge in [0.25, 0.3) is 0 Å². The highest BCUT2D eigenvalue weighted by atomic mass is 16.5. The molecule has 0 saturated carbocycles. The molecule has 4 saturated heterocycles. The maximum Gasteiger partial charge on any atom is 0.248 e. The number of fused-ring (bicyclic) bond motifs is 1. The van der Waals surface area contributed by atoms with Gasteiger partial charge in [0.05, 0.1) is 37.3 Å². The zero-order valence-electron chi connectivity index (χ0n) is 21.6. The van der Waals surface area contributed by atoms with E-state index in [1.807, 2.05) is 6.92 Å². The molecule has 10 nitrogen and oxygen atoms in total. The molecule has 3 amide bonds. The third-order valence-electron chi connectivity index (χ3n) is 8.35. The van der Waals surface area contributed by atoms with Crippen LogP contribution < -0.4 is 0 Å². The molecule has 4 heterocycles. The Labute approximate surface area is 213 Å². The fourth-order valence-electron chi connectivity index (χ4n) is 6.66. The van der Waals surface area contributed by atoms with Crippen LogP contribution in [0.15, 0.2) is 25.3 Å². The number of likely N-dealkylation sites (N-methyl/N-ethyl adjacent to an activating group) is 1. The molecule has 0 aliphatic carbocycles. The summed E-state index contributed by atoms with van der Waals surface area (Å²) in [5, 5.41) is 9.79. The standard InChI is InChI=1S/C26H40N4O6/c1-5-9-27(4)22(32)19-20-23(33)30(13-16-31)21(26(20)8-7-25(19,3)36-26)24(34)29(10-6-2)12-11-28-14-17-35-18-15-28/h5-6,19-21,31H,1-2,7-18H2,3-4H3/t19-,20-,21?,25+,26?/m0/s1. The molecule has 2 unspecified atom stereocenters. The van der Waals surface area contributed by atoms with Crippen LogP contribution in [0.4, 0.5) is 0 Å². The number of hydrogen-bond donors (Lipinski definition) is 1. The number of amides is 3. The van der Waals surface area contributed by atoms with Crippen molar-refractivity contribution in [2.24, 2.45) is 11.8 Å². The minimum Gasteiger partial charge on any atom is -0.395 e. The molecule has 2 bridgehead atoms. The number of aliphatic hydroxyl groups is 1. The number of morpholine rings is 1. The number of likely N-dealkylation sites (tertiary alicyclic amines) is 1. The van der Waals surface area contributed by atoms with Gasteiger partial charge in [0.2, 0.25) is 17.7 Å². The van der Waals surface area contributed by atoms with Crippen molar-refractivity contribution >= 4 is 17.7 Å². The van der Waals surface area contributed by atoms with E-state index < -0.39 is 29.1 Å². The molecule has 1 N–H and O–H groups in total. The molecule has 200 valence electrons. The van der Waals surface area contributed by atoms with Crippen molar-refractivity contribution in [3.05, 3.63) is 25.3 Å². The highest BCUT2D eigenvalue weighted by Crippen LogP contribution is 2.63. The maximum absolute atomic E-state index is 14.2. The van der Waals surface area contributed by atoms with Crippen LogP contribution in [0.5, 0.6) is 0 Å². The van der Waals surface area contributed by atoms with E-state index in [1.54, 1.807) is 29.0 Å². The second-order valence-electron chi connectivity index (χ2n) is 10.5. The minimum atomic E-state index is -1.09. The average molecular weight is 505 g/mol. The van der Waals surface area contributed by atoms with Crippen molar-refractivity contribution in [2.45, 2.75) is 37.0 Å². The summed E-state index contributed by atoms with van der Waals surface area (Å²) in [7, 11) is 1.69. The van der Waals surface area contributed by atoms with Crippen LogP contribution in [0.3, 0.4) is 0 Å². The van der Waals surface area contributed by atoms with Gasteiger partial charge in [-0.15, -0.1) is 13.2 Å². The molecule has 0 aromatic carbocycles. The molecule has 10 heteroatoms. The van der Waals surface area contributed by atoms with E-state index in [0.29, 0.717) is 52.2 Å². The topological polar surface area (TPSA) is 103 Å². The summed E-state index contributed by atoms with van der Waals surface area (Å²) in [4.78, 5) is 48.5. The molecule has 4 rings (SSSR count). The summed E-state index contributed by atoms with van der Waals surface area (Å²) in [6, 6.07) is -0.892. The summed E-state index contributed by atoms with van der Waals surface area (Å²) in [6.07, 6.45) is 4.43. The van der Waals surface area contributed by atoms with Crippen molar-refractivity contribution in [3.63, 3.8) is 0 Å². The Bertz CT molecular complexity index is 892. The second kappa shape index (κ2) is 10.6. The van der Waals surface area contributed by atoms with Gasteiger partial charge in [-0.05, 0) is 19.8 Å². The SMILES string of the molecule is C=CCN(C)C(=O)[C@@H]1[C@H]2C(=O)N(CCO)C(C(=O)N(CC=C)CCN3CCOCC3)C23CC[C@@]1(C)O3. The number of β-amino-alcohol motifs (C(OH)–C–C–N with tert-alkyl or cyclic N) is 1. The van der Waals surface area contributed by atoms with Crippen LogP contribution in [0.1, 0.15) is 19.8 Å². The lowest BCUT2D eigenvalue weighted by atomic mass is 9.66. The van der Waals surface area contributed by atoms with Gasteiger partial charge in [0.15, 0.2) is 0 Å². The average Bonchev–Trinajstić information content (AvgIpc) is 3.43. The number of carbonyl (C=O) groups excluding carboxylic acids is 3. The van der Waals surface area contributed by atoms with Crippen LogP contribution in [0, 0.1) is 11.8 Å². The van der Waals surface area contributed by atoms with Gasteiger partial charge in [0.1, 0.15) is 11.6 Å². The molecule has 5 atom stereocenters. The molecule has 0 aromatic rings. The first-order chi connectivity index (χ1) is 17.2. The van der Waals surface area contributed by atoms with Gasteiger partial charge in [0, 0.05) is 52.9 Å². The Hall–Kier alpha value is -2.27. The maximum atomic E-state index is 14.2. The lowest BCUT2D eigenvalue weighted by molar-refractivity contribution is -0.153. The Balaban J connectivity index is 1.64. The van der Waals surface area contributed by atoms with Crippen LogP contribution in [0.2, 0.25) is 0 Å². The molecule has 1 spiro atoms. The van der Waals surface area contributed by atoms with E-state index in [9.17, 15) is 19.5 Å². The number of ether oxygens (including phenoxy) is 2. The monoisotopic (exact) mass is 504 g/mol. The van der Waals surface area contributed by atoms with Crippen LogP contribution >= 0.6 is 0 Å². The fraction of sp³-hybridized carbons (Fsp3) is 0.731. The van der Waals surface area contributed by atoms with E-state index >= 15 is 0 Å². The predicted octanol–water partition coefficient (Wildman–Crippen LogP) is -0.265. The number of hydrogen-bond acceptors (Lipinski definition) is 7. The second-order valence-corrected chi connectivity index (χ2v) is 10.5. The Morgan fingerprint density at radius 3 is 2.47 bits per heavy atom. The van der Waals surface area contributed by atoms with Crippen LogP contribution in [0.25, 0.3) is 0 Å². The third-order valence-corrected chi connectivity index (χ3v) is 8.35. The van der Waals surface area contributed by atoms with Crippen molar-refractivity contribution in [2.75, 3.05) is 72.7 Å². The van der Waals surface area contributed by atoms with Crippen LogP contribution in [-0.2, 0) is 23.9 Å². The fourth-order valence-corrected chi connectivity index (χ4v) is 6.66. The summed E-state index contributed by atoms with van der Waals surface area (Å²) in [6.45, 7) is 14.0. The van der Waals surface area contributed by atoms with Crippen LogP contribution in [-0.4, -0.2) is 132 Å². The highest BCUT2D eigenvalue weighted by molar-refractivity contribution is 5.99. The molecular weight excluding hydrogens is 464 g/mol. The summed E-state index contributed by atoms with van der Waals surface area (Å²) in [5.41, 5.74) is -1.92. The lowest BCUT2D eigenvalue weighted by Crippen LogP contribution is -2.57. The van der Waals surface area contributed by atoms with Gasteiger partial charge in [-0.2, -0.15) is 0 Å². The van der Waals surface area contributed by atoms with E-state index in [2.05, 4.69) is 18.1 Å². The first kappa shape index (κ1) is 26.8. The molecule has 4 aliphatic heterocycles. The first-order valence-corrected chi connectivity index (χ1v) is 12.9.